The van der Waals surface area contributed by atoms with Crippen LogP contribution in [-0.4, -0.2) is 46.1 Å². The fourth-order valence-electron chi connectivity index (χ4n) is 5.32. The third-order valence-electron chi connectivity index (χ3n) is 7.84. The van der Waals surface area contributed by atoms with Crippen LogP contribution in [0.5, 0.6) is 11.5 Å². The minimum absolute atomic E-state index is 0.0767. The van der Waals surface area contributed by atoms with Crippen molar-refractivity contribution in [2.24, 2.45) is 11.7 Å². The number of primary amides is 1. The summed E-state index contributed by atoms with van der Waals surface area (Å²) < 4.78 is 25.7. The largest absolute Gasteiger partial charge is 0.491 e. The molecule has 2 fully saturated rings. The highest BCUT2D eigenvalue weighted by molar-refractivity contribution is 6.29. The van der Waals surface area contributed by atoms with Crippen molar-refractivity contribution >= 4 is 34.3 Å². The van der Waals surface area contributed by atoms with E-state index < -0.39 is 23.2 Å². The average Bonchev–Trinajstić information content (AvgIpc) is 3.92. The molecule has 2 aromatic heterocycles. The van der Waals surface area contributed by atoms with Gasteiger partial charge < -0.3 is 25.6 Å². The van der Waals surface area contributed by atoms with Gasteiger partial charge in [-0.1, -0.05) is 11.6 Å². The van der Waals surface area contributed by atoms with E-state index >= 15 is 0 Å². The Hall–Kier alpha value is -4.28. The summed E-state index contributed by atoms with van der Waals surface area (Å²) in [6, 6.07) is 14.1. The molecule has 0 saturated heterocycles. The summed E-state index contributed by atoms with van der Waals surface area (Å²) in [6.45, 7) is 1.93. The highest BCUT2D eigenvalue weighted by Crippen LogP contribution is 2.47. The first-order chi connectivity index (χ1) is 21.1. The van der Waals surface area contributed by atoms with Crippen LogP contribution in [0.4, 0.5) is 4.39 Å². The van der Waals surface area contributed by atoms with E-state index in [1.807, 2.05) is 0 Å². The number of halogens is 2. The average molecular weight is 619 g/mol. The van der Waals surface area contributed by atoms with E-state index in [1.54, 1.807) is 49.4 Å². The molecule has 0 spiro atoms. The number of ether oxygens (including phenoxy) is 2. The third kappa shape index (κ3) is 6.32. The summed E-state index contributed by atoms with van der Waals surface area (Å²) in [5.74, 6) is -0.806. The Kier molecular flexibility index (Phi) is 8.13. The lowest BCUT2D eigenvalue weighted by molar-refractivity contribution is -0.117. The maximum absolute atomic E-state index is 13.8. The van der Waals surface area contributed by atoms with Gasteiger partial charge >= 0.3 is 0 Å². The lowest BCUT2D eigenvalue weighted by atomic mass is 9.90. The number of aliphatic hydroxyl groups is 1. The molecule has 2 saturated carbocycles. The van der Waals surface area contributed by atoms with Gasteiger partial charge in [0.2, 0.25) is 5.91 Å². The van der Waals surface area contributed by atoms with Crippen molar-refractivity contribution < 1.29 is 28.6 Å². The number of carbonyl (C=O) groups is 2. The van der Waals surface area contributed by atoms with Crippen LogP contribution in [0.25, 0.3) is 22.2 Å². The minimum Gasteiger partial charge on any atom is -0.491 e. The van der Waals surface area contributed by atoms with Gasteiger partial charge in [-0.05, 0) is 93.1 Å². The number of nitrogens with two attached hydrogens (primary N) is 1. The summed E-state index contributed by atoms with van der Waals surface area (Å²) in [6.07, 6.45) is 3.22. The molecule has 0 unspecified atom stereocenters. The number of hydrogen-bond donors (Lipinski definition) is 3. The minimum atomic E-state index is -1.57. The van der Waals surface area contributed by atoms with Crippen molar-refractivity contribution in [3.8, 4) is 22.8 Å². The molecule has 2 heterocycles. The molecular weight excluding hydrogens is 587 g/mol. The SMILES string of the molecule is CCOc1c(CC(N)=O)cc([C@@](O)(CNC(=O)c2cc(OC3CC3)c3nc(Cl)ccc3c2)C2CC2)nc1-c1ccc(F)cc1. The molecule has 0 radical (unpaired) electrons. The molecule has 9 nitrogen and oxygen atoms in total. The van der Waals surface area contributed by atoms with Crippen molar-refractivity contribution in [3.63, 3.8) is 0 Å². The van der Waals surface area contributed by atoms with E-state index in [2.05, 4.69) is 10.3 Å². The molecule has 1 atom stereocenters. The van der Waals surface area contributed by atoms with Crippen molar-refractivity contribution in [2.45, 2.75) is 50.7 Å². The topological polar surface area (TPSA) is 137 Å². The summed E-state index contributed by atoms with van der Waals surface area (Å²) in [5.41, 5.74) is 6.51. The molecule has 0 bridgehead atoms. The normalized spacial score (nSPS) is 15.9. The summed E-state index contributed by atoms with van der Waals surface area (Å²) in [7, 11) is 0. The van der Waals surface area contributed by atoms with E-state index in [9.17, 15) is 19.1 Å². The molecule has 44 heavy (non-hydrogen) atoms. The Balaban J connectivity index is 1.36. The van der Waals surface area contributed by atoms with Crippen molar-refractivity contribution in [1.29, 1.82) is 0 Å². The Morgan fingerprint density at radius 2 is 1.84 bits per heavy atom. The first kappa shape index (κ1) is 29.8. The predicted molar refractivity (Wildman–Crippen MR) is 163 cm³/mol. The van der Waals surface area contributed by atoms with Gasteiger partial charge in [-0.15, -0.1) is 0 Å². The van der Waals surface area contributed by atoms with Crippen LogP contribution < -0.4 is 20.5 Å². The number of nitrogens with one attached hydrogen (secondary N) is 1. The fourth-order valence-corrected chi connectivity index (χ4v) is 5.47. The van der Waals surface area contributed by atoms with Crippen LogP contribution in [0.15, 0.2) is 54.6 Å². The molecule has 6 rings (SSSR count). The molecule has 2 aromatic carbocycles. The summed E-state index contributed by atoms with van der Waals surface area (Å²) in [4.78, 5) is 34.8. The highest BCUT2D eigenvalue weighted by Gasteiger charge is 2.47. The van der Waals surface area contributed by atoms with Crippen LogP contribution in [0.2, 0.25) is 5.15 Å². The highest BCUT2D eigenvalue weighted by atomic mass is 35.5. The van der Waals surface area contributed by atoms with Gasteiger partial charge in [0.15, 0.2) is 0 Å². The van der Waals surface area contributed by atoms with E-state index in [4.69, 9.17) is 31.8 Å². The summed E-state index contributed by atoms with van der Waals surface area (Å²) in [5, 5.41) is 16.1. The monoisotopic (exact) mass is 618 g/mol. The third-order valence-corrected chi connectivity index (χ3v) is 8.05. The van der Waals surface area contributed by atoms with Crippen LogP contribution in [-0.2, 0) is 16.8 Å². The second-order valence-corrected chi connectivity index (χ2v) is 11.7. The Morgan fingerprint density at radius 3 is 2.50 bits per heavy atom. The van der Waals surface area contributed by atoms with Crippen LogP contribution in [0.1, 0.15) is 54.2 Å². The van der Waals surface area contributed by atoms with Crippen molar-refractivity contribution in [2.75, 3.05) is 13.2 Å². The van der Waals surface area contributed by atoms with Crippen LogP contribution in [0, 0.1) is 11.7 Å². The molecular formula is C33H32ClFN4O5. The number of rotatable bonds is 12. The van der Waals surface area contributed by atoms with Gasteiger partial charge in [0, 0.05) is 22.1 Å². The van der Waals surface area contributed by atoms with Crippen molar-refractivity contribution in [1.82, 2.24) is 15.3 Å². The molecule has 4 aromatic rings. The number of pyridine rings is 2. The number of nitrogens with zero attached hydrogens (tertiary/aromatic N) is 2. The molecule has 4 N–H and O–H groups in total. The van der Waals surface area contributed by atoms with Gasteiger partial charge in [-0.2, -0.15) is 0 Å². The van der Waals surface area contributed by atoms with Gasteiger partial charge in [-0.25, -0.2) is 14.4 Å². The first-order valence-corrected chi connectivity index (χ1v) is 15.0. The quantitative estimate of drug-likeness (QED) is 0.188. The second kappa shape index (κ2) is 12.0. The van der Waals surface area contributed by atoms with E-state index in [0.717, 1.165) is 25.7 Å². The van der Waals surface area contributed by atoms with Crippen LogP contribution in [0.3, 0.4) is 0 Å². The number of hydrogen-bond acceptors (Lipinski definition) is 7. The molecule has 2 aliphatic carbocycles. The van der Waals surface area contributed by atoms with Crippen molar-refractivity contribution in [3.05, 3.63) is 82.4 Å². The van der Waals surface area contributed by atoms with Gasteiger partial charge in [0.25, 0.3) is 5.91 Å². The van der Waals surface area contributed by atoms with Gasteiger partial charge in [0.1, 0.15) is 39.3 Å². The Morgan fingerprint density at radius 1 is 1.09 bits per heavy atom. The molecule has 2 aliphatic rings. The summed E-state index contributed by atoms with van der Waals surface area (Å²) >= 11 is 6.13. The number of aromatic nitrogens is 2. The number of carbonyl (C=O) groups excluding carboxylic acids is 2. The zero-order valence-electron chi connectivity index (χ0n) is 24.1. The smallest absolute Gasteiger partial charge is 0.251 e. The molecule has 0 aliphatic heterocycles. The standard InChI is InChI=1S/C33H32ClFN4O5/c1-2-43-31-20(16-28(36)40)15-26(38-30(31)18-3-8-23(35)9-4-18)33(42,22-6-7-22)17-37-32(41)21-13-19-5-12-27(34)39-29(19)25(14-21)44-24-10-11-24/h3-5,8-9,12-15,22,24,42H,2,6-7,10-11,16-17H2,1H3,(H2,36,40)(H,37,41)/t33-/m1/s1. The lowest BCUT2D eigenvalue weighted by Gasteiger charge is -2.30. The Labute approximate surface area is 258 Å². The van der Waals surface area contributed by atoms with E-state index in [-0.39, 0.29) is 37.3 Å². The van der Waals surface area contributed by atoms with Crippen LogP contribution >= 0.6 is 11.6 Å². The number of amides is 2. The van der Waals surface area contributed by atoms with E-state index in [1.165, 1.54) is 12.1 Å². The first-order valence-electron chi connectivity index (χ1n) is 14.6. The maximum atomic E-state index is 13.8. The van der Waals surface area contributed by atoms with E-state index in [0.29, 0.717) is 49.9 Å². The van der Waals surface area contributed by atoms with Gasteiger partial charge in [0.05, 0.1) is 31.4 Å². The Bertz CT molecular complexity index is 1740. The predicted octanol–water partition coefficient (Wildman–Crippen LogP) is 5.08. The van der Waals surface area contributed by atoms with Gasteiger partial charge in [-0.3, -0.25) is 9.59 Å². The molecule has 2 amide bonds. The zero-order chi connectivity index (χ0) is 31.0. The zero-order valence-corrected chi connectivity index (χ0v) is 24.9. The second-order valence-electron chi connectivity index (χ2n) is 11.3. The molecule has 11 heteroatoms. The molecule has 228 valence electrons. The lowest BCUT2D eigenvalue weighted by Crippen LogP contribution is -2.43. The fraction of sp³-hybridized carbons (Fsp3) is 0.333. The maximum Gasteiger partial charge on any atom is 0.251 e. The number of benzene rings is 2. The number of fused-ring (bicyclic) bond motifs is 1.